The van der Waals surface area contributed by atoms with Crippen molar-refractivity contribution in [3.05, 3.63) is 53.5 Å². The minimum Gasteiger partial charge on any atom is -0.497 e. The summed E-state index contributed by atoms with van der Waals surface area (Å²) in [6.45, 7) is 6.56. The zero-order chi connectivity index (χ0) is 22.9. The predicted molar refractivity (Wildman–Crippen MR) is 119 cm³/mol. The standard InChI is InChI=1S/C26H31NO5/c1-6-31-23(29)26(22(28)19-8-7-11-32-19)15-25(3)20-12-16-9-10-17(30-5)13-18(16)24(25,2)14-21(26)27(20)4/h7-11,13,20-21H,6,12,14-15H2,1-5H3. The van der Waals surface area contributed by atoms with Gasteiger partial charge in [0.1, 0.15) is 11.2 Å². The maximum absolute atomic E-state index is 13.9. The highest BCUT2D eigenvalue weighted by Gasteiger charge is 2.74. The molecule has 2 aromatic rings. The second kappa shape index (κ2) is 6.95. The smallest absolute Gasteiger partial charge is 0.321 e. The van der Waals surface area contributed by atoms with E-state index in [0.717, 1.165) is 12.2 Å². The number of piperidine rings is 2. The van der Waals surface area contributed by atoms with E-state index in [9.17, 15) is 9.59 Å². The Kier molecular flexibility index (Phi) is 4.61. The third-order valence-electron chi connectivity index (χ3n) is 8.91. The summed E-state index contributed by atoms with van der Waals surface area (Å²) in [5.74, 6) is 0.359. The van der Waals surface area contributed by atoms with Gasteiger partial charge < -0.3 is 13.9 Å². The van der Waals surface area contributed by atoms with E-state index < -0.39 is 11.4 Å². The summed E-state index contributed by atoms with van der Waals surface area (Å²) < 4.78 is 16.6. The summed E-state index contributed by atoms with van der Waals surface area (Å²) in [6.07, 6.45) is 3.48. The van der Waals surface area contributed by atoms with Gasteiger partial charge in [-0.3, -0.25) is 14.5 Å². The lowest BCUT2D eigenvalue weighted by Crippen LogP contribution is -2.78. The number of likely N-dealkylation sites (N-methyl/N-ethyl adjacent to an activating group) is 1. The summed E-state index contributed by atoms with van der Waals surface area (Å²) in [4.78, 5) is 29.8. The molecule has 0 amide bonds. The van der Waals surface area contributed by atoms with Gasteiger partial charge in [0.25, 0.3) is 0 Å². The molecular weight excluding hydrogens is 406 g/mol. The van der Waals surface area contributed by atoms with Crippen LogP contribution in [0.15, 0.2) is 41.0 Å². The fraction of sp³-hybridized carbons (Fsp3) is 0.538. The number of furan rings is 1. The number of carbonyl (C=O) groups excluding carboxylic acids is 2. The highest BCUT2D eigenvalue weighted by molar-refractivity contribution is 6.12. The molecule has 1 aromatic heterocycles. The quantitative estimate of drug-likeness (QED) is 0.400. The number of Topliss-reactive ketones (excluding diaryl/α,β-unsaturated/α-hetero) is 1. The molecule has 2 aliphatic heterocycles. The Balaban J connectivity index is 1.69. The largest absolute Gasteiger partial charge is 0.497 e. The van der Waals surface area contributed by atoms with Crippen LogP contribution in [-0.4, -0.2) is 49.5 Å². The van der Waals surface area contributed by atoms with Crippen LogP contribution in [0.4, 0.5) is 0 Å². The van der Waals surface area contributed by atoms with Crippen LogP contribution in [0, 0.1) is 10.8 Å². The first-order chi connectivity index (χ1) is 15.2. The number of fused-ring (bicyclic) bond motifs is 2. The molecule has 2 saturated heterocycles. The Bertz CT molecular complexity index is 1080. The van der Waals surface area contributed by atoms with Crippen molar-refractivity contribution in [1.29, 1.82) is 0 Å². The molecule has 5 atom stereocenters. The van der Waals surface area contributed by atoms with E-state index in [1.807, 2.05) is 6.07 Å². The van der Waals surface area contributed by atoms with Gasteiger partial charge in [-0.25, -0.2) is 0 Å². The number of benzene rings is 1. The number of methoxy groups -OCH3 is 1. The van der Waals surface area contributed by atoms with Crippen LogP contribution < -0.4 is 4.74 Å². The van der Waals surface area contributed by atoms with E-state index in [2.05, 4.69) is 37.9 Å². The summed E-state index contributed by atoms with van der Waals surface area (Å²) in [5.41, 5.74) is 0.795. The molecule has 4 bridgehead atoms. The number of hydrogen-bond acceptors (Lipinski definition) is 6. The predicted octanol–water partition coefficient (Wildman–Crippen LogP) is 4.02. The average Bonchev–Trinajstić information content (AvgIpc) is 3.31. The van der Waals surface area contributed by atoms with Gasteiger partial charge >= 0.3 is 5.97 Å². The molecule has 6 nitrogen and oxygen atoms in total. The Hall–Kier alpha value is -2.60. The van der Waals surface area contributed by atoms with E-state index in [1.165, 1.54) is 17.4 Å². The van der Waals surface area contributed by atoms with Crippen molar-refractivity contribution in [1.82, 2.24) is 4.90 Å². The zero-order valence-corrected chi connectivity index (χ0v) is 19.4. The minimum absolute atomic E-state index is 0.198. The average molecular weight is 438 g/mol. The van der Waals surface area contributed by atoms with Crippen molar-refractivity contribution in [2.24, 2.45) is 10.8 Å². The van der Waals surface area contributed by atoms with Crippen molar-refractivity contribution >= 4 is 11.8 Å². The Morgan fingerprint density at radius 3 is 2.66 bits per heavy atom. The molecule has 0 N–H and O–H groups in total. The summed E-state index contributed by atoms with van der Waals surface area (Å²) in [7, 11) is 3.75. The summed E-state index contributed by atoms with van der Waals surface area (Å²) in [5, 5.41) is 0. The normalized spacial score (nSPS) is 35.3. The molecule has 3 fully saturated rings. The van der Waals surface area contributed by atoms with Crippen LogP contribution in [0.5, 0.6) is 5.75 Å². The van der Waals surface area contributed by atoms with Crippen LogP contribution in [0.3, 0.4) is 0 Å². The first-order valence-corrected chi connectivity index (χ1v) is 11.4. The van der Waals surface area contributed by atoms with Crippen LogP contribution in [0.2, 0.25) is 0 Å². The molecule has 6 rings (SSSR count). The lowest BCUT2D eigenvalue weighted by molar-refractivity contribution is -0.196. The first kappa shape index (κ1) is 21.3. The van der Waals surface area contributed by atoms with Gasteiger partial charge in [-0.05, 0) is 74.0 Å². The zero-order valence-electron chi connectivity index (χ0n) is 19.4. The third kappa shape index (κ3) is 2.44. The molecule has 1 saturated carbocycles. The van der Waals surface area contributed by atoms with Crippen molar-refractivity contribution in [3.63, 3.8) is 0 Å². The van der Waals surface area contributed by atoms with Gasteiger partial charge in [-0.2, -0.15) is 0 Å². The Labute approximate surface area is 188 Å². The maximum atomic E-state index is 13.9. The van der Waals surface area contributed by atoms with Crippen molar-refractivity contribution in [2.75, 3.05) is 20.8 Å². The number of rotatable bonds is 5. The van der Waals surface area contributed by atoms with Gasteiger partial charge in [0.15, 0.2) is 5.76 Å². The second-order valence-corrected chi connectivity index (χ2v) is 10.1. The van der Waals surface area contributed by atoms with Gasteiger partial charge in [0.05, 0.1) is 20.0 Å². The first-order valence-electron chi connectivity index (χ1n) is 11.4. The summed E-state index contributed by atoms with van der Waals surface area (Å²) >= 11 is 0. The number of carbonyl (C=O) groups is 2. The Morgan fingerprint density at radius 2 is 2.00 bits per heavy atom. The Morgan fingerprint density at radius 1 is 1.22 bits per heavy atom. The van der Waals surface area contributed by atoms with E-state index >= 15 is 0 Å². The highest BCUT2D eigenvalue weighted by Crippen LogP contribution is 2.68. The SMILES string of the molecule is CCOC(=O)C1(C(=O)c2ccco2)CC2(C)C3Cc4ccc(OC)cc4C2(C)CC1N3C. The molecule has 4 aliphatic rings. The molecule has 170 valence electrons. The highest BCUT2D eigenvalue weighted by atomic mass is 16.5. The molecule has 3 heterocycles. The number of nitrogens with zero attached hydrogens (tertiary/aromatic N) is 1. The van der Waals surface area contributed by atoms with E-state index in [1.54, 1.807) is 26.2 Å². The molecule has 32 heavy (non-hydrogen) atoms. The van der Waals surface area contributed by atoms with Crippen LogP contribution >= 0.6 is 0 Å². The maximum Gasteiger partial charge on any atom is 0.321 e. The van der Waals surface area contributed by atoms with Crippen molar-refractivity contribution in [2.45, 2.75) is 57.5 Å². The van der Waals surface area contributed by atoms with E-state index in [4.69, 9.17) is 13.9 Å². The number of hydrogen-bond donors (Lipinski definition) is 0. The van der Waals surface area contributed by atoms with Gasteiger partial charge in [-0.1, -0.05) is 19.9 Å². The third-order valence-corrected chi connectivity index (χ3v) is 8.91. The molecule has 6 heteroatoms. The second-order valence-electron chi connectivity index (χ2n) is 10.1. The fourth-order valence-corrected chi connectivity index (χ4v) is 7.12. The fourth-order valence-electron chi connectivity index (χ4n) is 7.12. The lowest BCUT2D eigenvalue weighted by Gasteiger charge is -2.71. The minimum atomic E-state index is -1.29. The lowest BCUT2D eigenvalue weighted by atomic mass is 9.39. The molecular formula is C26H31NO5. The topological polar surface area (TPSA) is 69.0 Å². The van der Waals surface area contributed by atoms with Gasteiger partial charge in [-0.15, -0.1) is 0 Å². The number of esters is 1. The molecule has 1 aromatic carbocycles. The molecule has 0 radical (unpaired) electrons. The van der Waals surface area contributed by atoms with Crippen molar-refractivity contribution < 1.29 is 23.5 Å². The van der Waals surface area contributed by atoms with Gasteiger partial charge in [0.2, 0.25) is 5.78 Å². The molecule has 0 spiro atoms. The van der Waals surface area contributed by atoms with Crippen LogP contribution in [-0.2, 0) is 21.4 Å². The van der Waals surface area contributed by atoms with E-state index in [0.29, 0.717) is 12.8 Å². The van der Waals surface area contributed by atoms with Crippen molar-refractivity contribution in [3.8, 4) is 5.75 Å². The summed E-state index contributed by atoms with van der Waals surface area (Å²) in [6, 6.07) is 9.62. The van der Waals surface area contributed by atoms with Crippen LogP contribution in [0.1, 0.15) is 55.3 Å². The molecule has 2 aliphatic carbocycles. The monoisotopic (exact) mass is 437 g/mol. The number of ether oxygens (including phenoxy) is 2. The van der Waals surface area contributed by atoms with Gasteiger partial charge in [0, 0.05) is 17.5 Å². The molecule has 5 unspecified atom stereocenters. The van der Waals surface area contributed by atoms with Crippen LogP contribution in [0.25, 0.3) is 0 Å². The van der Waals surface area contributed by atoms with E-state index in [-0.39, 0.29) is 41.1 Å². The number of ketones is 1.